The van der Waals surface area contributed by atoms with Gasteiger partial charge in [0.15, 0.2) is 0 Å². The molecule has 1 aromatic carbocycles. The van der Waals surface area contributed by atoms with Crippen molar-refractivity contribution in [3.8, 4) is 0 Å². The van der Waals surface area contributed by atoms with Gasteiger partial charge in [-0.05, 0) is 38.5 Å². The lowest BCUT2D eigenvalue weighted by Gasteiger charge is -2.39. The molecule has 0 spiro atoms. The lowest BCUT2D eigenvalue weighted by molar-refractivity contribution is -0.121. The van der Waals surface area contributed by atoms with E-state index in [2.05, 4.69) is 56.3 Å². The Morgan fingerprint density at radius 2 is 1.91 bits per heavy atom. The molecule has 2 aromatic heterocycles. The number of amides is 1. The molecule has 0 saturated carbocycles. The fourth-order valence-corrected chi connectivity index (χ4v) is 5.24. The van der Waals surface area contributed by atoms with Crippen LogP contribution in [0.2, 0.25) is 0 Å². The summed E-state index contributed by atoms with van der Waals surface area (Å²) in [6.45, 7) is 10.7. The molecule has 7 nitrogen and oxygen atoms in total. The molecule has 3 heterocycles. The minimum absolute atomic E-state index is 0.0129. The van der Waals surface area contributed by atoms with Crippen LogP contribution in [0.5, 0.6) is 0 Å². The average Bonchev–Trinajstić information content (AvgIpc) is 3.10. The first-order valence-corrected chi connectivity index (χ1v) is 12.0. The van der Waals surface area contributed by atoms with E-state index in [4.69, 9.17) is 0 Å². The van der Waals surface area contributed by atoms with Gasteiger partial charge in [-0.15, -0.1) is 11.3 Å². The van der Waals surface area contributed by atoms with Gasteiger partial charge in [-0.1, -0.05) is 18.2 Å². The van der Waals surface area contributed by atoms with Crippen LogP contribution in [0.15, 0.2) is 35.1 Å². The van der Waals surface area contributed by atoms with Crippen molar-refractivity contribution < 1.29 is 4.79 Å². The molecule has 0 bridgehead atoms. The Hall–Kier alpha value is -2.71. The maximum absolute atomic E-state index is 12.4. The number of anilines is 1. The molecule has 1 amide bonds. The van der Waals surface area contributed by atoms with E-state index in [1.54, 1.807) is 0 Å². The zero-order valence-corrected chi connectivity index (χ0v) is 19.8. The number of aromatic nitrogens is 2. The maximum atomic E-state index is 12.4. The van der Waals surface area contributed by atoms with Gasteiger partial charge in [0.25, 0.3) is 5.56 Å². The van der Waals surface area contributed by atoms with Crippen molar-refractivity contribution in [3.63, 3.8) is 0 Å². The van der Waals surface area contributed by atoms with Crippen LogP contribution in [0.1, 0.15) is 29.6 Å². The Balaban J connectivity index is 1.23. The van der Waals surface area contributed by atoms with Crippen LogP contribution in [-0.4, -0.2) is 59.5 Å². The van der Waals surface area contributed by atoms with Crippen LogP contribution >= 0.6 is 11.3 Å². The third-order valence-electron chi connectivity index (χ3n) is 6.33. The van der Waals surface area contributed by atoms with Crippen LogP contribution in [0, 0.1) is 13.8 Å². The fraction of sp³-hybridized carbons (Fsp3) is 0.458. The Bertz CT molecular complexity index is 1130. The highest BCUT2D eigenvalue weighted by atomic mass is 32.1. The second-order valence-corrected chi connectivity index (χ2v) is 9.69. The largest absolute Gasteiger partial charge is 0.369 e. The number of benzene rings is 1. The Morgan fingerprint density at radius 1 is 1.19 bits per heavy atom. The summed E-state index contributed by atoms with van der Waals surface area (Å²) in [5.41, 5.74) is 2.14. The van der Waals surface area contributed by atoms with Crippen LogP contribution in [-0.2, 0) is 11.2 Å². The van der Waals surface area contributed by atoms with E-state index in [0.29, 0.717) is 30.6 Å². The molecular weight excluding hydrogens is 422 g/mol. The third kappa shape index (κ3) is 5.02. The second kappa shape index (κ2) is 9.83. The molecule has 1 saturated heterocycles. The molecule has 4 rings (SSSR count). The highest BCUT2D eigenvalue weighted by Crippen LogP contribution is 2.25. The number of hydrogen-bond donors (Lipinski definition) is 2. The van der Waals surface area contributed by atoms with Gasteiger partial charge in [0, 0.05) is 62.2 Å². The number of aryl methyl sites for hydroxylation is 3. The number of piperazine rings is 1. The van der Waals surface area contributed by atoms with Crippen molar-refractivity contribution in [2.24, 2.45) is 0 Å². The maximum Gasteiger partial charge on any atom is 0.259 e. The first-order chi connectivity index (χ1) is 15.4. The summed E-state index contributed by atoms with van der Waals surface area (Å²) in [6.07, 6.45) is 0.740. The number of hydrogen-bond acceptors (Lipinski definition) is 6. The highest BCUT2D eigenvalue weighted by Gasteiger charge is 2.21. The molecule has 8 heteroatoms. The van der Waals surface area contributed by atoms with E-state index < -0.39 is 0 Å². The van der Waals surface area contributed by atoms with Crippen molar-refractivity contribution in [1.82, 2.24) is 20.2 Å². The summed E-state index contributed by atoms with van der Waals surface area (Å²) in [6, 6.07) is 10.8. The van der Waals surface area contributed by atoms with Gasteiger partial charge < -0.3 is 15.2 Å². The zero-order valence-electron chi connectivity index (χ0n) is 19.0. The minimum Gasteiger partial charge on any atom is -0.369 e. The number of fused-ring (bicyclic) bond motifs is 1. The first-order valence-electron chi connectivity index (χ1n) is 11.2. The van der Waals surface area contributed by atoms with E-state index in [1.165, 1.54) is 17.0 Å². The predicted octanol–water partition coefficient (Wildman–Crippen LogP) is 2.86. The zero-order chi connectivity index (χ0) is 22.7. The molecule has 1 aliphatic heterocycles. The summed E-state index contributed by atoms with van der Waals surface area (Å²) in [5, 5.41) is 3.71. The average molecular weight is 454 g/mol. The first kappa shape index (κ1) is 22.5. The summed E-state index contributed by atoms with van der Waals surface area (Å²) in [4.78, 5) is 38.9. The monoisotopic (exact) mass is 453 g/mol. The normalized spacial score (nSPS) is 15.8. The van der Waals surface area contributed by atoms with Gasteiger partial charge >= 0.3 is 0 Å². The second-order valence-electron chi connectivity index (χ2n) is 8.49. The van der Waals surface area contributed by atoms with Crippen molar-refractivity contribution in [2.75, 3.05) is 37.6 Å². The summed E-state index contributed by atoms with van der Waals surface area (Å²) in [5.74, 6) is 0.560. The van der Waals surface area contributed by atoms with E-state index in [1.807, 2.05) is 19.9 Å². The van der Waals surface area contributed by atoms with E-state index in [-0.39, 0.29) is 17.5 Å². The molecule has 0 radical (unpaired) electrons. The molecule has 1 atom stereocenters. The molecule has 3 aromatic rings. The number of para-hydroxylation sites is 1. The SMILES string of the molecule is Cc1sc2nc(CCC(=O)NCC(C)N3CCN(c4ccccc4)CC3)[nH]c(=O)c2c1C. The van der Waals surface area contributed by atoms with Crippen molar-refractivity contribution in [1.29, 1.82) is 0 Å². The predicted molar refractivity (Wildman–Crippen MR) is 131 cm³/mol. The standard InChI is InChI=1S/C24H31N5O2S/c1-16(28-11-13-29(14-12-28)19-7-5-4-6-8-19)15-25-21(30)10-9-20-26-23(31)22-17(2)18(3)32-24(22)27-20/h4-8,16H,9-15H2,1-3H3,(H,25,30)(H,26,27,31). The fourth-order valence-electron chi connectivity index (χ4n) is 4.19. The van der Waals surface area contributed by atoms with Gasteiger partial charge in [0.2, 0.25) is 5.91 Å². The van der Waals surface area contributed by atoms with Gasteiger partial charge in [-0.3, -0.25) is 14.5 Å². The molecule has 0 aliphatic carbocycles. The number of nitrogens with zero attached hydrogens (tertiary/aromatic N) is 3. The topological polar surface area (TPSA) is 81.3 Å². The molecule has 170 valence electrons. The van der Waals surface area contributed by atoms with E-state index in [0.717, 1.165) is 41.5 Å². The van der Waals surface area contributed by atoms with E-state index >= 15 is 0 Å². The van der Waals surface area contributed by atoms with Gasteiger partial charge in [-0.25, -0.2) is 4.98 Å². The quantitative estimate of drug-likeness (QED) is 0.575. The Labute approximate surface area is 192 Å². The number of aromatic amines is 1. The van der Waals surface area contributed by atoms with Gasteiger partial charge in [0.1, 0.15) is 10.7 Å². The van der Waals surface area contributed by atoms with Crippen LogP contribution in [0.4, 0.5) is 5.69 Å². The van der Waals surface area contributed by atoms with Crippen LogP contribution < -0.4 is 15.8 Å². The number of carbonyl (C=O) groups is 1. The molecule has 1 fully saturated rings. The third-order valence-corrected chi connectivity index (χ3v) is 7.43. The lowest BCUT2D eigenvalue weighted by atomic mass is 10.2. The molecule has 2 N–H and O–H groups in total. The lowest BCUT2D eigenvalue weighted by Crippen LogP contribution is -2.52. The Kier molecular flexibility index (Phi) is 6.91. The minimum atomic E-state index is -0.115. The van der Waals surface area contributed by atoms with E-state index in [9.17, 15) is 9.59 Å². The Morgan fingerprint density at radius 3 is 2.62 bits per heavy atom. The van der Waals surface area contributed by atoms with Crippen LogP contribution in [0.3, 0.4) is 0 Å². The van der Waals surface area contributed by atoms with Crippen molar-refractivity contribution in [2.45, 2.75) is 39.7 Å². The number of carbonyl (C=O) groups excluding carboxylic acids is 1. The van der Waals surface area contributed by atoms with Gasteiger partial charge in [0.05, 0.1) is 5.39 Å². The van der Waals surface area contributed by atoms with Crippen molar-refractivity contribution >= 4 is 33.1 Å². The molecular formula is C24H31N5O2S. The van der Waals surface area contributed by atoms with Gasteiger partial charge in [-0.2, -0.15) is 0 Å². The number of nitrogens with one attached hydrogen (secondary N) is 2. The summed E-state index contributed by atoms with van der Waals surface area (Å²) >= 11 is 1.53. The summed E-state index contributed by atoms with van der Waals surface area (Å²) in [7, 11) is 0. The highest BCUT2D eigenvalue weighted by molar-refractivity contribution is 7.18. The molecule has 1 aliphatic rings. The number of thiophene rings is 1. The number of rotatable bonds is 7. The van der Waals surface area contributed by atoms with Crippen LogP contribution in [0.25, 0.3) is 10.2 Å². The summed E-state index contributed by atoms with van der Waals surface area (Å²) < 4.78 is 0. The smallest absolute Gasteiger partial charge is 0.259 e. The molecule has 32 heavy (non-hydrogen) atoms. The van der Waals surface area contributed by atoms with Crippen molar-refractivity contribution in [3.05, 3.63) is 57.0 Å². The molecule has 1 unspecified atom stereocenters. The number of H-pyrrole nitrogens is 1.